The Morgan fingerprint density at radius 3 is 2.65 bits per heavy atom. The van der Waals surface area contributed by atoms with Gasteiger partial charge in [0.15, 0.2) is 0 Å². The van der Waals surface area contributed by atoms with Crippen LogP contribution in [-0.4, -0.2) is 18.9 Å². The molecule has 0 saturated heterocycles. The van der Waals surface area contributed by atoms with E-state index in [-0.39, 0.29) is 24.8 Å². The lowest BCUT2D eigenvalue weighted by molar-refractivity contribution is -0.116. The van der Waals surface area contributed by atoms with Crippen LogP contribution in [0.5, 0.6) is 5.75 Å². The zero-order valence-electron chi connectivity index (χ0n) is 14.4. The molecule has 0 unspecified atom stereocenters. The minimum Gasteiger partial charge on any atom is -0.496 e. The average Bonchev–Trinajstić information content (AvgIpc) is 2.66. The highest BCUT2D eigenvalue weighted by Crippen LogP contribution is 2.18. The topological polar surface area (TPSA) is 91.2 Å². The molecule has 0 aliphatic rings. The van der Waals surface area contributed by atoms with E-state index in [2.05, 4.69) is 10.6 Å². The van der Waals surface area contributed by atoms with Crippen molar-refractivity contribution < 1.29 is 14.3 Å². The largest absolute Gasteiger partial charge is 0.496 e. The van der Waals surface area contributed by atoms with Crippen LogP contribution in [0.15, 0.2) is 54.6 Å². The van der Waals surface area contributed by atoms with Crippen molar-refractivity contribution in [1.29, 1.82) is 5.26 Å². The molecule has 0 saturated carbocycles. The molecular formula is C20H19N3O3. The van der Waals surface area contributed by atoms with Gasteiger partial charge in [0.2, 0.25) is 11.8 Å². The Bertz CT molecular complexity index is 853. The van der Waals surface area contributed by atoms with Gasteiger partial charge in [0.1, 0.15) is 12.2 Å². The summed E-state index contributed by atoms with van der Waals surface area (Å²) in [4.78, 5) is 23.6. The lowest BCUT2D eigenvalue weighted by atomic mass is 10.1. The van der Waals surface area contributed by atoms with E-state index in [0.29, 0.717) is 11.4 Å². The molecule has 0 heterocycles. The van der Waals surface area contributed by atoms with E-state index in [4.69, 9.17) is 10.00 Å². The fraction of sp³-hybridized carbons (Fsp3) is 0.150. The van der Waals surface area contributed by atoms with Gasteiger partial charge in [0.25, 0.3) is 0 Å². The molecule has 0 radical (unpaired) electrons. The summed E-state index contributed by atoms with van der Waals surface area (Å²) in [5, 5.41) is 14.0. The molecule has 0 aliphatic carbocycles. The number of carbonyl (C=O) groups is 2. The van der Waals surface area contributed by atoms with Crippen LogP contribution < -0.4 is 15.4 Å². The lowest BCUT2D eigenvalue weighted by Gasteiger charge is -2.10. The summed E-state index contributed by atoms with van der Waals surface area (Å²) in [6, 6.07) is 16.3. The van der Waals surface area contributed by atoms with Crippen molar-refractivity contribution in [3.05, 3.63) is 65.7 Å². The summed E-state index contributed by atoms with van der Waals surface area (Å²) < 4.78 is 5.23. The second kappa shape index (κ2) is 9.64. The quantitative estimate of drug-likeness (QED) is 0.752. The molecule has 2 amide bonds. The fourth-order valence-electron chi connectivity index (χ4n) is 2.27. The molecule has 6 nitrogen and oxygen atoms in total. The predicted molar refractivity (Wildman–Crippen MR) is 99.2 cm³/mol. The molecule has 0 spiro atoms. The van der Waals surface area contributed by atoms with E-state index in [1.54, 1.807) is 37.5 Å². The number of carbonyl (C=O) groups excluding carboxylic acids is 2. The molecule has 2 N–H and O–H groups in total. The van der Waals surface area contributed by atoms with Gasteiger partial charge in [-0.05, 0) is 23.8 Å². The first kappa shape index (κ1) is 18.7. The predicted octanol–water partition coefficient (Wildman–Crippen LogP) is 2.88. The Kier molecular flexibility index (Phi) is 6.95. The molecule has 0 fully saturated rings. The van der Waals surface area contributed by atoms with Crippen LogP contribution in [0.25, 0.3) is 6.08 Å². The summed E-state index contributed by atoms with van der Waals surface area (Å²) in [6.45, 7) is 0.248. The molecule has 6 heteroatoms. The molecule has 132 valence electrons. The van der Waals surface area contributed by atoms with Gasteiger partial charge in [0.05, 0.1) is 13.2 Å². The van der Waals surface area contributed by atoms with Crippen LogP contribution >= 0.6 is 0 Å². The van der Waals surface area contributed by atoms with E-state index < -0.39 is 0 Å². The maximum atomic E-state index is 12.1. The first-order valence-corrected chi connectivity index (χ1v) is 7.97. The van der Waals surface area contributed by atoms with Crippen molar-refractivity contribution in [3.8, 4) is 11.8 Å². The number of amides is 2. The van der Waals surface area contributed by atoms with E-state index in [9.17, 15) is 9.59 Å². The third-order valence-corrected chi connectivity index (χ3v) is 3.54. The van der Waals surface area contributed by atoms with Gasteiger partial charge in [0, 0.05) is 23.9 Å². The van der Waals surface area contributed by atoms with Gasteiger partial charge < -0.3 is 15.4 Å². The summed E-state index contributed by atoms with van der Waals surface area (Å²) >= 11 is 0. The van der Waals surface area contributed by atoms with Crippen molar-refractivity contribution in [3.63, 3.8) is 0 Å². The fourth-order valence-corrected chi connectivity index (χ4v) is 2.27. The summed E-state index contributed by atoms with van der Waals surface area (Å²) in [5.74, 6) is 0.0264. The van der Waals surface area contributed by atoms with Crippen molar-refractivity contribution in [2.24, 2.45) is 0 Å². The van der Waals surface area contributed by atoms with Crippen molar-refractivity contribution >= 4 is 23.6 Å². The Morgan fingerprint density at radius 2 is 1.88 bits per heavy atom. The molecule has 26 heavy (non-hydrogen) atoms. The highest BCUT2D eigenvalue weighted by atomic mass is 16.5. The number of para-hydroxylation sites is 2. The number of hydrogen-bond donors (Lipinski definition) is 2. The number of nitriles is 1. The minimum absolute atomic E-state index is 0.220. The van der Waals surface area contributed by atoms with Gasteiger partial charge in [-0.25, -0.2) is 0 Å². The molecule has 0 aliphatic heterocycles. The summed E-state index contributed by atoms with van der Waals surface area (Å²) in [5.41, 5.74) is 2.12. The van der Waals surface area contributed by atoms with E-state index in [0.717, 1.165) is 11.1 Å². The molecule has 2 aromatic carbocycles. The molecular weight excluding hydrogens is 330 g/mol. The van der Waals surface area contributed by atoms with Crippen molar-refractivity contribution in [2.75, 3.05) is 12.4 Å². The molecule has 2 rings (SSSR count). The van der Waals surface area contributed by atoms with Crippen LogP contribution in [0, 0.1) is 11.3 Å². The Labute approximate surface area is 152 Å². The van der Waals surface area contributed by atoms with Crippen molar-refractivity contribution in [1.82, 2.24) is 5.32 Å². The standard InChI is InChI=1S/C20H19N3O3/c1-26-18-9-5-3-6-15(18)10-11-19(24)22-14-16-7-2-4-8-17(16)23-20(25)12-13-21/h2-11H,12,14H2,1H3,(H,22,24)(H,23,25)/b11-10+. The number of ether oxygens (including phenoxy) is 1. The summed E-state index contributed by atoms with van der Waals surface area (Å²) in [7, 11) is 1.57. The Morgan fingerprint density at radius 1 is 1.15 bits per heavy atom. The number of methoxy groups -OCH3 is 1. The summed E-state index contributed by atoms with van der Waals surface area (Å²) in [6.07, 6.45) is 2.88. The highest BCUT2D eigenvalue weighted by molar-refractivity contribution is 5.94. The second-order valence-electron chi connectivity index (χ2n) is 5.33. The zero-order valence-corrected chi connectivity index (χ0v) is 14.4. The average molecular weight is 349 g/mol. The van der Waals surface area contributed by atoms with Gasteiger partial charge >= 0.3 is 0 Å². The van der Waals surface area contributed by atoms with Gasteiger partial charge in [-0.2, -0.15) is 5.26 Å². The van der Waals surface area contributed by atoms with Crippen LogP contribution in [0.1, 0.15) is 17.5 Å². The normalized spacial score (nSPS) is 10.2. The maximum Gasteiger partial charge on any atom is 0.244 e. The molecule has 0 bridgehead atoms. The maximum absolute atomic E-state index is 12.1. The third kappa shape index (κ3) is 5.49. The Balaban J connectivity index is 1.98. The number of rotatable bonds is 7. The number of anilines is 1. The van der Waals surface area contributed by atoms with Crippen LogP contribution in [0.4, 0.5) is 5.69 Å². The first-order valence-electron chi connectivity index (χ1n) is 7.97. The molecule has 2 aromatic rings. The monoisotopic (exact) mass is 349 g/mol. The van der Waals surface area contributed by atoms with E-state index >= 15 is 0 Å². The van der Waals surface area contributed by atoms with Crippen LogP contribution in [-0.2, 0) is 16.1 Å². The highest BCUT2D eigenvalue weighted by Gasteiger charge is 2.07. The molecule has 0 aromatic heterocycles. The van der Waals surface area contributed by atoms with Gasteiger partial charge in [-0.1, -0.05) is 36.4 Å². The number of hydrogen-bond acceptors (Lipinski definition) is 4. The van der Waals surface area contributed by atoms with Crippen LogP contribution in [0.3, 0.4) is 0 Å². The number of nitrogens with one attached hydrogen (secondary N) is 2. The third-order valence-electron chi connectivity index (χ3n) is 3.54. The van der Waals surface area contributed by atoms with Gasteiger partial charge in [-0.3, -0.25) is 9.59 Å². The molecule has 0 atom stereocenters. The van der Waals surface area contributed by atoms with Crippen molar-refractivity contribution in [2.45, 2.75) is 13.0 Å². The second-order valence-corrected chi connectivity index (χ2v) is 5.33. The smallest absolute Gasteiger partial charge is 0.244 e. The lowest BCUT2D eigenvalue weighted by Crippen LogP contribution is -2.21. The zero-order chi connectivity index (χ0) is 18.8. The SMILES string of the molecule is COc1ccccc1/C=C/C(=O)NCc1ccccc1NC(=O)CC#N. The first-order chi connectivity index (χ1) is 12.6. The minimum atomic E-state index is -0.387. The number of benzene rings is 2. The van der Waals surface area contributed by atoms with Gasteiger partial charge in [-0.15, -0.1) is 0 Å². The van der Waals surface area contributed by atoms with Crippen LogP contribution in [0.2, 0.25) is 0 Å². The number of nitrogens with zero attached hydrogens (tertiary/aromatic N) is 1. The van der Waals surface area contributed by atoms with E-state index in [1.165, 1.54) is 6.08 Å². The van der Waals surface area contributed by atoms with E-state index in [1.807, 2.05) is 30.3 Å². The Hall–Kier alpha value is -3.59.